The van der Waals surface area contributed by atoms with Gasteiger partial charge in [0, 0.05) is 28.7 Å². The van der Waals surface area contributed by atoms with Crippen molar-refractivity contribution in [1.82, 2.24) is 10.3 Å². The van der Waals surface area contributed by atoms with Crippen LogP contribution in [-0.2, 0) is 11.3 Å². The minimum atomic E-state index is -0.975. The number of carboxylic acids is 1. The molecule has 4 rings (SSSR count). The van der Waals surface area contributed by atoms with Crippen LogP contribution in [0.5, 0.6) is 0 Å². The average molecular weight is 550 g/mol. The lowest BCUT2D eigenvalue weighted by Crippen LogP contribution is -2.26. The van der Waals surface area contributed by atoms with Crippen molar-refractivity contribution in [3.05, 3.63) is 99.9 Å². The zero-order chi connectivity index (χ0) is 28.1. The molecule has 0 saturated carbocycles. The molecular weight excluding hydrogens is 520 g/mol. The number of hydrogen-bond acceptors (Lipinski definition) is 5. The van der Waals surface area contributed by atoms with Crippen LogP contribution in [0.25, 0.3) is 11.3 Å². The third kappa shape index (κ3) is 6.86. The van der Waals surface area contributed by atoms with Gasteiger partial charge in [-0.1, -0.05) is 32.0 Å². The largest absolute Gasteiger partial charge is 0.481 e. The fourth-order valence-corrected chi connectivity index (χ4v) is 5.10. The van der Waals surface area contributed by atoms with Gasteiger partial charge in [-0.2, -0.15) is 0 Å². The van der Waals surface area contributed by atoms with Crippen LogP contribution in [0.3, 0.4) is 0 Å². The first kappa shape index (κ1) is 27.9. The number of amides is 1. The summed E-state index contributed by atoms with van der Waals surface area (Å²) in [4.78, 5) is 29.8. The van der Waals surface area contributed by atoms with E-state index in [4.69, 9.17) is 10.1 Å². The van der Waals surface area contributed by atoms with Gasteiger partial charge in [0.1, 0.15) is 0 Å². The Bertz CT molecular complexity index is 1490. The van der Waals surface area contributed by atoms with E-state index in [1.807, 2.05) is 28.5 Å². The fraction of sp³-hybridized carbons (Fsp3) is 0.233. The lowest BCUT2D eigenvalue weighted by molar-refractivity contribution is -0.136. The highest BCUT2D eigenvalue weighted by Gasteiger charge is 2.18. The van der Waals surface area contributed by atoms with E-state index in [-0.39, 0.29) is 18.9 Å². The number of carboxylic acid groups (broad SMARTS) is 1. The summed E-state index contributed by atoms with van der Waals surface area (Å²) in [5.41, 5.74) is 5.72. The number of halogens is 2. The molecule has 6 nitrogen and oxygen atoms in total. The molecule has 0 radical (unpaired) electrons. The summed E-state index contributed by atoms with van der Waals surface area (Å²) < 4.78 is 27.3. The molecule has 202 valence electrons. The van der Waals surface area contributed by atoms with Gasteiger partial charge in [0.15, 0.2) is 16.8 Å². The minimum absolute atomic E-state index is 0.0553. The van der Waals surface area contributed by atoms with Crippen molar-refractivity contribution < 1.29 is 23.5 Å². The first-order valence-corrected chi connectivity index (χ1v) is 13.4. The van der Waals surface area contributed by atoms with Crippen molar-refractivity contribution in [2.75, 3.05) is 11.4 Å². The Morgan fingerprint density at radius 1 is 1.03 bits per heavy atom. The van der Waals surface area contributed by atoms with E-state index in [0.29, 0.717) is 34.4 Å². The molecule has 0 saturated heterocycles. The number of aromatic nitrogens is 1. The van der Waals surface area contributed by atoms with Crippen molar-refractivity contribution in [2.45, 2.75) is 39.7 Å². The molecule has 4 aromatic rings. The molecule has 0 atom stereocenters. The monoisotopic (exact) mass is 549 g/mol. The lowest BCUT2D eigenvalue weighted by Gasteiger charge is -2.24. The predicted molar refractivity (Wildman–Crippen MR) is 150 cm³/mol. The standard InChI is InChI=1S/C30H29F2N3O3S/c1-18(2)24-10-9-23(14-19(24)3)35(30-34-27(17-39-30)22-8-11-25(31)26(32)15-22)16-20-4-6-21(7-5-20)29(38)33-13-12-28(36)37/h4-11,14-15,17-18H,12-13,16H2,1-3H3,(H,33,38)(H,36,37). The van der Waals surface area contributed by atoms with Crippen LogP contribution >= 0.6 is 11.3 Å². The highest BCUT2D eigenvalue weighted by molar-refractivity contribution is 7.14. The van der Waals surface area contributed by atoms with Crippen LogP contribution in [0.2, 0.25) is 0 Å². The Kier molecular flexibility index (Phi) is 8.71. The molecule has 0 fully saturated rings. The fourth-order valence-electron chi connectivity index (χ4n) is 4.25. The molecule has 39 heavy (non-hydrogen) atoms. The second-order valence-electron chi connectivity index (χ2n) is 9.52. The average Bonchev–Trinajstić information content (AvgIpc) is 3.38. The molecule has 0 aliphatic heterocycles. The van der Waals surface area contributed by atoms with Crippen LogP contribution in [0.1, 0.15) is 53.2 Å². The van der Waals surface area contributed by atoms with Crippen LogP contribution < -0.4 is 10.2 Å². The molecule has 0 aliphatic rings. The number of nitrogens with zero attached hydrogens (tertiary/aromatic N) is 2. The zero-order valence-corrected chi connectivity index (χ0v) is 22.7. The summed E-state index contributed by atoms with van der Waals surface area (Å²) in [6.07, 6.45) is -0.145. The Morgan fingerprint density at radius 2 is 1.77 bits per heavy atom. The van der Waals surface area contributed by atoms with E-state index >= 15 is 0 Å². The minimum Gasteiger partial charge on any atom is -0.481 e. The number of rotatable bonds is 10. The Labute approximate surface area is 230 Å². The van der Waals surface area contributed by atoms with E-state index in [1.165, 1.54) is 23.0 Å². The third-order valence-corrected chi connectivity index (χ3v) is 7.17. The number of aliphatic carboxylic acids is 1. The number of benzene rings is 3. The molecule has 3 aromatic carbocycles. The van der Waals surface area contributed by atoms with Gasteiger partial charge in [-0.05, 0) is 72.0 Å². The number of hydrogen-bond donors (Lipinski definition) is 2. The van der Waals surface area contributed by atoms with Crippen molar-refractivity contribution in [3.8, 4) is 11.3 Å². The second kappa shape index (κ2) is 12.2. The van der Waals surface area contributed by atoms with Gasteiger partial charge >= 0.3 is 5.97 Å². The zero-order valence-electron chi connectivity index (χ0n) is 21.9. The molecule has 1 aromatic heterocycles. The Morgan fingerprint density at radius 3 is 2.41 bits per heavy atom. The van der Waals surface area contributed by atoms with Gasteiger partial charge in [-0.25, -0.2) is 13.8 Å². The van der Waals surface area contributed by atoms with Crippen molar-refractivity contribution in [2.24, 2.45) is 0 Å². The van der Waals surface area contributed by atoms with E-state index < -0.39 is 17.6 Å². The van der Waals surface area contributed by atoms with Gasteiger partial charge in [-0.15, -0.1) is 11.3 Å². The van der Waals surface area contributed by atoms with Gasteiger partial charge in [0.25, 0.3) is 5.91 Å². The summed E-state index contributed by atoms with van der Waals surface area (Å²) in [6, 6.07) is 17.1. The first-order chi connectivity index (χ1) is 18.6. The summed E-state index contributed by atoms with van der Waals surface area (Å²) in [5, 5.41) is 13.9. The van der Waals surface area contributed by atoms with Crippen LogP contribution in [0, 0.1) is 18.6 Å². The van der Waals surface area contributed by atoms with Crippen molar-refractivity contribution >= 4 is 34.0 Å². The van der Waals surface area contributed by atoms with E-state index in [1.54, 1.807) is 12.1 Å². The molecule has 2 N–H and O–H groups in total. The highest BCUT2D eigenvalue weighted by Crippen LogP contribution is 2.35. The number of nitrogens with one attached hydrogen (secondary N) is 1. The molecule has 1 amide bonds. The quantitative estimate of drug-likeness (QED) is 0.221. The second-order valence-corrected chi connectivity index (χ2v) is 10.4. The number of carbonyl (C=O) groups excluding carboxylic acids is 1. The molecule has 9 heteroatoms. The number of thiazole rings is 1. The van der Waals surface area contributed by atoms with Crippen LogP contribution in [0.15, 0.2) is 66.0 Å². The van der Waals surface area contributed by atoms with Crippen molar-refractivity contribution in [3.63, 3.8) is 0 Å². The maximum atomic E-state index is 13.9. The third-order valence-electron chi connectivity index (χ3n) is 6.31. The molecule has 0 spiro atoms. The highest BCUT2D eigenvalue weighted by atomic mass is 32.1. The molecule has 0 unspecified atom stereocenters. The Balaban J connectivity index is 1.63. The smallest absolute Gasteiger partial charge is 0.305 e. The molecular formula is C30H29F2N3O3S. The summed E-state index contributed by atoms with van der Waals surface area (Å²) >= 11 is 1.40. The SMILES string of the molecule is Cc1cc(N(Cc2ccc(C(=O)NCCC(=O)O)cc2)c2nc(-c3ccc(F)c(F)c3)cs2)ccc1C(C)C. The number of aryl methyl sites for hydroxylation is 1. The maximum absolute atomic E-state index is 13.9. The molecule has 0 aliphatic carbocycles. The normalized spacial score (nSPS) is 11.0. The number of carbonyl (C=O) groups is 2. The van der Waals surface area contributed by atoms with Crippen LogP contribution in [0.4, 0.5) is 19.6 Å². The van der Waals surface area contributed by atoms with E-state index in [9.17, 15) is 18.4 Å². The van der Waals surface area contributed by atoms with Crippen LogP contribution in [-0.4, -0.2) is 28.5 Å². The summed E-state index contributed by atoms with van der Waals surface area (Å²) in [7, 11) is 0. The topological polar surface area (TPSA) is 82.5 Å². The molecule has 1 heterocycles. The Hall–Kier alpha value is -4.11. The van der Waals surface area contributed by atoms with Crippen molar-refractivity contribution in [1.29, 1.82) is 0 Å². The van der Waals surface area contributed by atoms with Gasteiger partial charge in [0.2, 0.25) is 0 Å². The van der Waals surface area contributed by atoms with E-state index in [2.05, 4.69) is 38.2 Å². The van der Waals surface area contributed by atoms with Gasteiger partial charge in [0.05, 0.1) is 18.7 Å². The summed E-state index contributed by atoms with van der Waals surface area (Å²) in [5.74, 6) is -2.77. The maximum Gasteiger partial charge on any atom is 0.305 e. The van der Waals surface area contributed by atoms with E-state index in [0.717, 1.165) is 28.9 Å². The van der Waals surface area contributed by atoms with Gasteiger partial charge < -0.3 is 15.3 Å². The van der Waals surface area contributed by atoms with Gasteiger partial charge in [-0.3, -0.25) is 9.59 Å². The number of anilines is 2. The predicted octanol–water partition coefficient (Wildman–Crippen LogP) is 7.06. The summed E-state index contributed by atoms with van der Waals surface area (Å²) in [6.45, 7) is 6.87. The molecule has 0 bridgehead atoms. The lowest BCUT2D eigenvalue weighted by atomic mass is 9.97. The first-order valence-electron chi connectivity index (χ1n) is 12.5.